The molecule has 1 heterocycles. The van der Waals surface area contributed by atoms with Crippen molar-refractivity contribution in [3.63, 3.8) is 0 Å². The third-order valence-electron chi connectivity index (χ3n) is 3.40. The number of aryl methyl sites for hydroxylation is 2. The highest BCUT2D eigenvalue weighted by Crippen LogP contribution is 2.12. The van der Waals surface area contributed by atoms with Gasteiger partial charge in [-0.2, -0.15) is 5.10 Å². The summed E-state index contributed by atoms with van der Waals surface area (Å²) in [6.45, 7) is 5.00. The topological polar surface area (TPSA) is 92.5 Å². The van der Waals surface area contributed by atoms with Crippen LogP contribution in [0.5, 0.6) is 0 Å². The number of nitrogens with zero attached hydrogens (tertiary/aromatic N) is 3. The second kappa shape index (κ2) is 5.85. The standard InChI is InChI=1S/C13H19N3O4/c1-6-9(13(19)20)15(4)11(17)10-7(2)8(3)14-16(5)12(10)18/h9H,6H2,1-5H3,(H,19,20). The van der Waals surface area contributed by atoms with Gasteiger partial charge in [0.25, 0.3) is 11.5 Å². The Morgan fingerprint density at radius 3 is 2.40 bits per heavy atom. The van der Waals surface area contributed by atoms with Gasteiger partial charge in [0.1, 0.15) is 11.6 Å². The lowest BCUT2D eigenvalue weighted by atomic mass is 10.1. The second-order valence-corrected chi connectivity index (χ2v) is 4.69. The molecule has 0 aliphatic rings. The summed E-state index contributed by atoms with van der Waals surface area (Å²) >= 11 is 0. The molecule has 110 valence electrons. The largest absolute Gasteiger partial charge is 0.480 e. The third-order valence-corrected chi connectivity index (χ3v) is 3.40. The number of rotatable bonds is 4. The number of carbonyl (C=O) groups is 2. The number of aromatic nitrogens is 2. The molecule has 0 aliphatic carbocycles. The van der Waals surface area contributed by atoms with Crippen LogP contribution in [0.25, 0.3) is 0 Å². The number of amides is 1. The summed E-state index contributed by atoms with van der Waals surface area (Å²) < 4.78 is 1.09. The van der Waals surface area contributed by atoms with Crippen LogP contribution in [0, 0.1) is 13.8 Å². The van der Waals surface area contributed by atoms with Crippen molar-refractivity contribution in [1.29, 1.82) is 0 Å². The minimum absolute atomic E-state index is 0.0257. The lowest BCUT2D eigenvalue weighted by molar-refractivity contribution is -0.142. The van der Waals surface area contributed by atoms with Crippen molar-refractivity contribution in [1.82, 2.24) is 14.7 Å². The van der Waals surface area contributed by atoms with Gasteiger partial charge in [0.2, 0.25) is 0 Å². The van der Waals surface area contributed by atoms with Crippen LogP contribution in [0.4, 0.5) is 0 Å². The molecule has 20 heavy (non-hydrogen) atoms. The number of carboxylic acids is 1. The Balaban J connectivity index is 3.35. The predicted molar refractivity (Wildman–Crippen MR) is 72.8 cm³/mol. The Bertz CT molecular complexity index is 606. The van der Waals surface area contributed by atoms with Crippen LogP contribution in [-0.2, 0) is 11.8 Å². The van der Waals surface area contributed by atoms with Gasteiger partial charge in [0, 0.05) is 14.1 Å². The summed E-state index contributed by atoms with van der Waals surface area (Å²) in [6.07, 6.45) is 0.265. The predicted octanol–water partition coefficient (Wildman–Crippen LogP) is 0.332. The molecule has 1 unspecified atom stereocenters. The maximum Gasteiger partial charge on any atom is 0.326 e. The monoisotopic (exact) mass is 281 g/mol. The van der Waals surface area contributed by atoms with Gasteiger partial charge in [-0.1, -0.05) is 6.92 Å². The minimum atomic E-state index is -1.09. The Morgan fingerprint density at radius 1 is 1.40 bits per heavy atom. The average Bonchev–Trinajstić information content (AvgIpc) is 2.36. The van der Waals surface area contributed by atoms with E-state index in [4.69, 9.17) is 5.11 Å². The number of carbonyl (C=O) groups excluding carboxylic acids is 1. The fraction of sp³-hybridized carbons (Fsp3) is 0.538. The van der Waals surface area contributed by atoms with Crippen molar-refractivity contribution in [3.8, 4) is 0 Å². The first-order valence-corrected chi connectivity index (χ1v) is 6.26. The average molecular weight is 281 g/mol. The Labute approximate surface area is 116 Å². The van der Waals surface area contributed by atoms with E-state index in [1.165, 1.54) is 14.1 Å². The van der Waals surface area contributed by atoms with E-state index in [0.29, 0.717) is 11.3 Å². The highest BCUT2D eigenvalue weighted by molar-refractivity contribution is 5.97. The van der Waals surface area contributed by atoms with E-state index in [9.17, 15) is 14.4 Å². The van der Waals surface area contributed by atoms with Crippen LogP contribution in [0.2, 0.25) is 0 Å². The Morgan fingerprint density at radius 2 is 1.95 bits per heavy atom. The van der Waals surface area contributed by atoms with Gasteiger partial charge in [0.15, 0.2) is 0 Å². The maximum absolute atomic E-state index is 12.4. The number of hydrogen-bond acceptors (Lipinski definition) is 4. The van der Waals surface area contributed by atoms with Crippen molar-refractivity contribution < 1.29 is 14.7 Å². The molecule has 0 spiro atoms. The summed E-state index contributed by atoms with van der Waals surface area (Å²) in [5.74, 6) is -1.69. The maximum atomic E-state index is 12.4. The molecule has 0 bridgehead atoms. The molecule has 1 rings (SSSR count). The fourth-order valence-electron chi connectivity index (χ4n) is 2.03. The Hall–Kier alpha value is -2.18. The molecule has 7 heteroatoms. The number of likely N-dealkylation sites (N-methyl/N-ethyl adjacent to an activating group) is 1. The van der Waals surface area contributed by atoms with Crippen LogP contribution < -0.4 is 5.56 Å². The molecule has 1 atom stereocenters. The molecule has 1 N–H and O–H groups in total. The first-order chi connectivity index (χ1) is 9.22. The molecule has 1 aromatic heterocycles. The summed E-state index contributed by atoms with van der Waals surface area (Å²) in [7, 11) is 2.85. The summed E-state index contributed by atoms with van der Waals surface area (Å²) in [5.41, 5.74) is 0.491. The van der Waals surface area contributed by atoms with E-state index >= 15 is 0 Å². The van der Waals surface area contributed by atoms with Crippen LogP contribution in [0.1, 0.15) is 35.0 Å². The fourth-order valence-corrected chi connectivity index (χ4v) is 2.03. The zero-order chi connectivity index (χ0) is 15.6. The molecule has 7 nitrogen and oxygen atoms in total. The van der Waals surface area contributed by atoms with Gasteiger partial charge in [-0.15, -0.1) is 0 Å². The number of carboxylic acid groups (broad SMARTS) is 1. The lowest BCUT2D eigenvalue weighted by Crippen LogP contribution is -2.45. The van der Waals surface area contributed by atoms with E-state index in [1.807, 2.05) is 0 Å². The molecule has 0 aromatic carbocycles. The number of aliphatic carboxylic acids is 1. The molecular formula is C13H19N3O4. The summed E-state index contributed by atoms with van der Waals surface area (Å²) in [6, 6.07) is -0.958. The molecule has 0 saturated carbocycles. The highest BCUT2D eigenvalue weighted by Gasteiger charge is 2.29. The molecule has 1 amide bonds. The zero-order valence-corrected chi connectivity index (χ0v) is 12.3. The van der Waals surface area contributed by atoms with Crippen LogP contribution in [-0.4, -0.2) is 44.8 Å². The molecular weight excluding hydrogens is 262 g/mol. The van der Waals surface area contributed by atoms with Crippen molar-refractivity contribution in [3.05, 3.63) is 27.2 Å². The van der Waals surface area contributed by atoms with Crippen molar-refractivity contribution >= 4 is 11.9 Å². The van der Waals surface area contributed by atoms with Crippen LogP contribution >= 0.6 is 0 Å². The number of hydrogen-bond donors (Lipinski definition) is 1. The van der Waals surface area contributed by atoms with Gasteiger partial charge in [-0.25, -0.2) is 9.48 Å². The quantitative estimate of drug-likeness (QED) is 0.858. The van der Waals surface area contributed by atoms with Gasteiger partial charge < -0.3 is 10.0 Å². The molecule has 0 fully saturated rings. The van der Waals surface area contributed by atoms with E-state index in [2.05, 4.69) is 5.10 Å². The van der Waals surface area contributed by atoms with E-state index in [-0.39, 0.29) is 12.0 Å². The summed E-state index contributed by atoms with van der Waals surface area (Å²) in [5, 5.41) is 13.1. The Kier molecular flexibility index (Phi) is 4.65. The van der Waals surface area contributed by atoms with Crippen LogP contribution in [0.15, 0.2) is 4.79 Å². The van der Waals surface area contributed by atoms with Gasteiger partial charge in [-0.05, 0) is 25.8 Å². The third kappa shape index (κ3) is 2.71. The van der Waals surface area contributed by atoms with E-state index < -0.39 is 23.5 Å². The molecule has 0 radical (unpaired) electrons. The zero-order valence-electron chi connectivity index (χ0n) is 12.3. The normalized spacial score (nSPS) is 12.1. The minimum Gasteiger partial charge on any atom is -0.480 e. The first kappa shape index (κ1) is 15.9. The molecule has 0 saturated heterocycles. The van der Waals surface area contributed by atoms with Gasteiger partial charge >= 0.3 is 5.97 Å². The second-order valence-electron chi connectivity index (χ2n) is 4.69. The SMILES string of the molecule is CCC(C(=O)O)N(C)C(=O)c1c(C)c(C)nn(C)c1=O. The molecule has 1 aromatic rings. The van der Waals surface area contributed by atoms with Gasteiger partial charge in [0.05, 0.1) is 5.69 Å². The smallest absolute Gasteiger partial charge is 0.326 e. The van der Waals surface area contributed by atoms with Crippen molar-refractivity contribution in [2.24, 2.45) is 7.05 Å². The van der Waals surface area contributed by atoms with E-state index in [0.717, 1.165) is 9.58 Å². The van der Waals surface area contributed by atoms with Crippen LogP contribution in [0.3, 0.4) is 0 Å². The highest BCUT2D eigenvalue weighted by atomic mass is 16.4. The van der Waals surface area contributed by atoms with Crippen molar-refractivity contribution in [2.75, 3.05) is 7.05 Å². The molecule has 0 aliphatic heterocycles. The first-order valence-electron chi connectivity index (χ1n) is 6.26. The van der Waals surface area contributed by atoms with Gasteiger partial charge in [-0.3, -0.25) is 9.59 Å². The van der Waals surface area contributed by atoms with Crippen molar-refractivity contribution in [2.45, 2.75) is 33.2 Å². The lowest BCUT2D eigenvalue weighted by Gasteiger charge is -2.24. The summed E-state index contributed by atoms with van der Waals surface area (Å²) in [4.78, 5) is 36.7. The van der Waals surface area contributed by atoms with E-state index in [1.54, 1.807) is 20.8 Å².